The Labute approximate surface area is 147 Å². The summed E-state index contributed by atoms with van der Waals surface area (Å²) < 4.78 is 8.22. The molecule has 0 aromatic carbocycles. The average Bonchev–Trinajstić information content (AvgIpc) is 2.51. The zero-order valence-corrected chi connectivity index (χ0v) is 15.4. The van der Waals surface area contributed by atoms with E-state index < -0.39 is 30.4 Å². The quantitative estimate of drug-likeness (QED) is 0.401. The number of nitrogens with zero attached hydrogens (tertiary/aromatic N) is 2. The van der Waals surface area contributed by atoms with Crippen LogP contribution in [0.3, 0.4) is 0 Å². The third-order valence-electron chi connectivity index (χ3n) is 2.69. The number of unbranched alkanes of at least 4 members (excludes halogenated alkanes) is 2. The van der Waals surface area contributed by atoms with Crippen molar-refractivity contribution in [1.82, 2.24) is 0 Å². The molecule has 2 amide bonds. The zero-order chi connectivity index (χ0) is 17.5. The van der Waals surface area contributed by atoms with Gasteiger partial charge in [-0.25, -0.2) is 0 Å². The van der Waals surface area contributed by atoms with Crippen molar-refractivity contribution in [3.8, 4) is 0 Å². The summed E-state index contributed by atoms with van der Waals surface area (Å²) in [4.78, 5) is 34.0. The zero-order valence-electron chi connectivity index (χ0n) is 12.7. The molecule has 22 heavy (non-hydrogen) atoms. The molecule has 125 valence electrons. The topological polar surface area (TPSA) is 120 Å². The second-order valence-corrected chi connectivity index (χ2v) is 4.85. The van der Waals surface area contributed by atoms with Gasteiger partial charge >= 0.3 is 22.4 Å². The third-order valence-corrected chi connectivity index (χ3v) is 3.01. The number of carbonyl (C=O) groups excluding carboxylic acids is 3. The SMILES string of the molecule is CCCCCC([NH-])C(=O)[N-]CC(=O)[N-]C(C[S-])C(C)=O.[O]=[Tc+4]. The normalized spacial score (nSPS) is 12.5. The second-order valence-electron chi connectivity index (χ2n) is 4.52. The van der Waals surface area contributed by atoms with Crippen molar-refractivity contribution in [2.75, 3.05) is 12.3 Å². The molecule has 0 aromatic rings. The van der Waals surface area contributed by atoms with Gasteiger partial charge in [-0.15, -0.1) is 0 Å². The molecule has 2 atom stereocenters. The van der Waals surface area contributed by atoms with Crippen LogP contribution in [-0.4, -0.2) is 42.0 Å². The van der Waals surface area contributed by atoms with Crippen LogP contribution in [0.5, 0.6) is 0 Å². The molecule has 0 bridgehead atoms. The minimum atomic E-state index is -0.920. The van der Waals surface area contributed by atoms with Crippen LogP contribution in [0.4, 0.5) is 0 Å². The van der Waals surface area contributed by atoms with Gasteiger partial charge < -0.3 is 43.4 Å². The van der Waals surface area contributed by atoms with E-state index in [1.165, 1.54) is 6.92 Å². The molecule has 7 nitrogen and oxygen atoms in total. The maximum atomic E-state index is 11.5. The summed E-state index contributed by atoms with van der Waals surface area (Å²) in [5.41, 5.74) is 7.59. The van der Waals surface area contributed by atoms with E-state index in [0.717, 1.165) is 38.1 Å². The Bertz CT molecular complexity index is 358. The van der Waals surface area contributed by atoms with Gasteiger partial charge in [0.1, 0.15) is 5.78 Å². The molecule has 0 aliphatic carbocycles. The van der Waals surface area contributed by atoms with Gasteiger partial charge in [-0.05, 0) is 6.92 Å². The van der Waals surface area contributed by atoms with Gasteiger partial charge in [0.2, 0.25) is 0 Å². The number of rotatable bonds is 10. The first kappa shape index (κ1) is 23.6. The molecule has 0 radical (unpaired) electrons. The first-order valence-corrected chi connectivity index (χ1v) is 8.16. The van der Waals surface area contributed by atoms with E-state index in [4.69, 9.17) is 21.9 Å². The van der Waals surface area contributed by atoms with E-state index in [0.29, 0.717) is 6.42 Å². The van der Waals surface area contributed by atoms with Crippen LogP contribution in [0.25, 0.3) is 16.4 Å². The van der Waals surface area contributed by atoms with Crippen LogP contribution >= 0.6 is 0 Å². The molecule has 9 heteroatoms. The molecular formula is C13H21N3O4STc. The van der Waals surface area contributed by atoms with Gasteiger partial charge in [0.25, 0.3) is 0 Å². The second kappa shape index (κ2) is 15.3. The fourth-order valence-corrected chi connectivity index (χ4v) is 1.75. The third kappa shape index (κ3) is 12.0. The number of Topliss-reactive ketones (excluding diaryl/α,β-unsaturated/α-hetero) is 1. The Balaban J connectivity index is 0. The van der Waals surface area contributed by atoms with Crippen LogP contribution in [0.2, 0.25) is 0 Å². The maximum absolute atomic E-state index is 11.5. The van der Waals surface area contributed by atoms with Gasteiger partial charge in [-0.2, -0.15) is 5.75 Å². The predicted molar refractivity (Wildman–Crippen MR) is 81.2 cm³/mol. The number of carbonyl (C=O) groups is 3. The Kier molecular flexibility index (Phi) is 16.4. The molecule has 0 spiro atoms. The van der Waals surface area contributed by atoms with Gasteiger partial charge in [-0.1, -0.05) is 51.2 Å². The summed E-state index contributed by atoms with van der Waals surface area (Å²) in [6.07, 6.45) is 3.23. The summed E-state index contributed by atoms with van der Waals surface area (Å²) >= 11 is 5.61. The number of amides is 2. The minimum absolute atomic E-state index is 0.0348. The molecule has 0 rings (SSSR count). The number of ketones is 1. The van der Waals surface area contributed by atoms with Crippen molar-refractivity contribution in [2.24, 2.45) is 0 Å². The Morgan fingerprint density at radius 1 is 1.23 bits per heavy atom. The van der Waals surface area contributed by atoms with Gasteiger partial charge in [-0.3, -0.25) is 0 Å². The Hall–Kier alpha value is -0.631. The summed E-state index contributed by atoms with van der Waals surface area (Å²) in [5, 5.41) is 7.14. The summed E-state index contributed by atoms with van der Waals surface area (Å²) in [6, 6.07) is -1.75. The summed E-state index contributed by atoms with van der Waals surface area (Å²) in [7, 11) is 0. The van der Waals surface area contributed by atoms with E-state index in [9.17, 15) is 14.4 Å². The monoisotopic (exact) mass is 412 g/mol. The van der Waals surface area contributed by atoms with Crippen molar-refractivity contribution >= 4 is 30.2 Å². The van der Waals surface area contributed by atoms with Crippen molar-refractivity contribution in [1.29, 1.82) is 0 Å². The number of nitrogens with one attached hydrogen (secondary N) is 1. The summed E-state index contributed by atoms with van der Waals surface area (Å²) in [5.74, 6) is -1.50. The molecule has 0 saturated heterocycles. The summed E-state index contributed by atoms with van der Waals surface area (Å²) in [6.45, 7) is 2.93. The molecule has 0 saturated carbocycles. The van der Waals surface area contributed by atoms with Crippen LogP contribution in [0.15, 0.2) is 0 Å². The fraction of sp³-hybridized carbons (Fsp3) is 0.769. The molecule has 1 N–H and O–H groups in total. The Morgan fingerprint density at radius 3 is 2.27 bits per heavy atom. The Morgan fingerprint density at radius 2 is 1.82 bits per heavy atom. The van der Waals surface area contributed by atoms with Crippen molar-refractivity contribution in [2.45, 2.75) is 51.6 Å². The van der Waals surface area contributed by atoms with E-state index in [2.05, 4.69) is 10.6 Å². The molecule has 0 aliphatic heterocycles. The van der Waals surface area contributed by atoms with Gasteiger partial charge in [0, 0.05) is 11.8 Å². The first-order valence-electron chi connectivity index (χ1n) is 6.82. The molecular weight excluding hydrogens is 392 g/mol. The fourth-order valence-electron chi connectivity index (χ4n) is 1.44. The van der Waals surface area contributed by atoms with E-state index in [1.54, 1.807) is 0 Å². The van der Waals surface area contributed by atoms with Crippen molar-refractivity contribution in [3.05, 3.63) is 16.4 Å². The van der Waals surface area contributed by atoms with Crippen LogP contribution in [0, 0.1) is 0 Å². The van der Waals surface area contributed by atoms with Crippen LogP contribution < -0.4 is 0 Å². The van der Waals surface area contributed by atoms with E-state index >= 15 is 0 Å². The standard InChI is InChI=1S/C13H24N3O3S.O.Tc/c1-3-4-5-6-10(14)13(19)15-7-12(18)16-11(8-20)9(2)17;;/h10-11,14H,3-8H2,1-2H3,(H3,15,16,18,19,20);;/q-1;;+4/p-3. The van der Waals surface area contributed by atoms with Crippen molar-refractivity contribution < 1.29 is 36.7 Å². The first-order chi connectivity index (χ1) is 10.4. The number of hydrogen-bond donors (Lipinski definition) is 0. The van der Waals surface area contributed by atoms with E-state index in [1.807, 2.05) is 6.92 Å². The molecule has 0 aliphatic rings. The average molecular weight is 413 g/mol. The molecule has 2 unspecified atom stereocenters. The van der Waals surface area contributed by atoms with Crippen molar-refractivity contribution in [3.63, 3.8) is 0 Å². The molecule has 0 fully saturated rings. The van der Waals surface area contributed by atoms with Gasteiger partial charge in [0.05, 0.1) is 0 Å². The van der Waals surface area contributed by atoms with Crippen LogP contribution in [0.1, 0.15) is 39.5 Å². The number of hydrogen-bond acceptors (Lipinski definition) is 5. The molecule has 0 aromatic heterocycles. The molecule has 0 heterocycles. The van der Waals surface area contributed by atoms with Crippen LogP contribution in [-0.2, 0) is 49.4 Å². The van der Waals surface area contributed by atoms with Gasteiger partial charge in [0.15, 0.2) is 0 Å². The predicted octanol–water partition coefficient (Wildman–Crippen LogP) is 2.17. The van der Waals surface area contributed by atoms with E-state index in [-0.39, 0.29) is 11.5 Å².